The second-order valence-corrected chi connectivity index (χ2v) is 4.46. The van der Waals surface area contributed by atoms with Crippen molar-refractivity contribution in [2.75, 3.05) is 6.61 Å². The average Bonchev–Trinajstić information content (AvgIpc) is 2.93. The number of aromatic amines is 2. The summed E-state index contributed by atoms with van der Waals surface area (Å²) in [5, 5.41) is 14.7. The Balaban J connectivity index is 2.04. The maximum absolute atomic E-state index is 11.4. The average molecular weight is 293 g/mol. The van der Waals surface area contributed by atoms with E-state index in [4.69, 9.17) is 4.74 Å². The minimum absolute atomic E-state index is 0.271. The molecular formula is C15H11N5O2. The van der Waals surface area contributed by atoms with Gasteiger partial charge in [0.05, 0.1) is 5.56 Å². The van der Waals surface area contributed by atoms with Crippen LogP contribution in [0.15, 0.2) is 41.8 Å². The number of ether oxygens (including phenoxy) is 1. The van der Waals surface area contributed by atoms with Crippen LogP contribution < -0.4 is 10.3 Å². The van der Waals surface area contributed by atoms with Gasteiger partial charge in [-0.25, -0.2) is 9.97 Å². The number of hydrogen-bond acceptors (Lipinski definition) is 5. The lowest BCUT2D eigenvalue weighted by Gasteiger charge is -2.07. The molecule has 108 valence electrons. The summed E-state index contributed by atoms with van der Waals surface area (Å²) in [6.07, 6.45) is 3.05. The van der Waals surface area contributed by atoms with Crippen molar-refractivity contribution in [3.05, 3.63) is 53.0 Å². The molecule has 0 radical (unpaired) electrons. The molecule has 0 aliphatic rings. The van der Waals surface area contributed by atoms with Crippen molar-refractivity contribution in [1.82, 2.24) is 20.2 Å². The van der Waals surface area contributed by atoms with Gasteiger partial charge in [0, 0.05) is 11.8 Å². The van der Waals surface area contributed by atoms with Crippen LogP contribution in [0.25, 0.3) is 22.4 Å². The van der Waals surface area contributed by atoms with Gasteiger partial charge in [-0.3, -0.25) is 15.0 Å². The SMILES string of the molecule is C=CCOc1ccc(-c2ncc3c(=O)[nH][nH]c3n2)cc1C#N. The summed E-state index contributed by atoms with van der Waals surface area (Å²) in [7, 11) is 0. The number of fused-ring (bicyclic) bond motifs is 1. The molecule has 0 aliphatic carbocycles. The van der Waals surface area contributed by atoms with Crippen LogP contribution in [0.1, 0.15) is 5.56 Å². The second kappa shape index (κ2) is 5.54. The smallest absolute Gasteiger partial charge is 0.275 e. The van der Waals surface area contributed by atoms with Gasteiger partial charge in [-0.2, -0.15) is 5.26 Å². The van der Waals surface area contributed by atoms with Gasteiger partial charge in [-0.1, -0.05) is 12.7 Å². The zero-order valence-electron chi connectivity index (χ0n) is 11.5. The van der Waals surface area contributed by atoms with Crippen LogP contribution in [0.5, 0.6) is 5.75 Å². The number of hydrogen-bond donors (Lipinski definition) is 2. The minimum atomic E-state index is -0.271. The highest BCUT2D eigenvalue weighted by atomic mass is 16.5. The zero-order chi connectivity index (χ0) is 15.5. The van der Waals surface area contributed by atoms with E-state index in [1.807, 2.05) is 0 Å². The number of nitrogens with one attached hydrogen (secondary N) is 2. The van der Waals surface area contributed by atoms with Gasteiger partial charge in [0.1, 0.15) is 23.8 Å². The summed E-state index contributed by atoms with van der Waals surface area (Å²) < 4.78 is 5.41. The van der Waals surface area contributed by atoms with Gasteiger partial charge in [-0.15, -0.1) is 0 Å². The molecule has 0 saturated heterocycles. The summed E-state index contributed by atoms with van der Waals surface area (Å²) in [6.45, 7) is 3.89. The predicted octanol–water partition coefficient (Wildman–Crippen LogP) is 1.75. The number of aromatic nitrogens is 4. The number of nitriles is 1. The molecule has 0 fully saturated rings. The molecule has 0 saturated carbocycles. The van der Waals surface area contributed by atoms with Crippen LogP contribution in [0.2, 0.25) is 0 Å². The summed E-state index contributed by atoms with van der Waals surface area (Å²) in [5.74, 6) is 0.886. The molecule has 0 bridgehead atoms. The van der Waals surface area contributed by atoms with Crippen molar-refractivity contribution in [2.45, 2.75) is 0 Å². The maximum Gasteiger partial charge on any atom is 0.275 e. The lowest BCUT2D eigenvalue weighted by atomic mass is 10.1. The predicted molar refractivity (Wildman–Crippen MR) is 80.4 cm³/mol. The van der Waals surface area contributed by atoms with Crippen molar-refractivity contribution in [3.8, 4) is 23.2 Å². The third-order valence-electron chi connectivity index (χ3n) is 3.04. The van der Waals surface area contributed by atoms with Gasteiger partial charge in [0.2, 0.25) is 0 Å². The Labute approximate surface area is 124 Å². The summed E-state index contributed by atoms with van der Waals surface area (Å²) in [6, 6.07) is 7.16. The Morgan fingerprint density at radius 1 is 1.41 bits per heavy atom. The number of rotatable bonds is 4. The van der Waals surface area contributed by atoms with Crippen molar-refractivity contribution in [2.24, 2.45) is 0 Å². The molecule has 0 atom stereocenters. The fourth-order valence-corrected chi connectivity index (χ4v) is 2.00. The number of H-pyrrole nitrogens is 2. The van der Waals surface area contributed by atoms with Crippen molar-refractivity contribution in [1.29, 1.82) is 5.26 Å². The first-order valence-corrected chi connectivity index (χ1v) is 6.44. The molecule has 7 heteroatoms. The third kappa shape index (κ3) is 2.33. The van der Waals surface area contributed by atoms with E-state index in [1.165, 1.54) is 6.20 Å². The lowest BCUT2D eigenvalue weighted by Crippen LogP contribution is -1.99. The van der Waals surface area contributed by atoms with Crippen molar-refractivity contribution >= 4 is 11.0 Å². The maximum atomic E-state index is 11.4. The topological polar surface area (TPSA) is 107 Å². The van der Waals surface area contributed by atoms with E-state index < -0.39 is 0 Å². The summed E-state index contributed by atoms with van der Waals surface area (Å²) in [4.78, 5) is 19.9. The molecular weight excluding hydrogens is 282 g/mol. The summed E-state index contributed by atoms with van der Waals surface area (Å²) >= 11 is 0. The highest BCUT2D eigenvalue weighted by molar-refractivity contribution is 5.75. The van der Waals surface area contributed by atoms with Crippen LogP contribution >= 0.6 is 0 Å². The molecule has 0 amide bonds. The standard InChI is InChI=1S/C15H11N5O2/c1-2-5-22-12-4-3-9(6-10(12)7-16)13-17-8-11-14(18-13)19-20-15(11)21/h2-4,6,8H,1,5H2,(H2,17,18,19,20,21). The van der Waals surface area contributed by atoms with E-state index >= 15 is 0 Å². The molecule has 2 N–H and O–H groups in total. The first-order valence-electron chi connectivity index (χ1n) is 6.44. The normalized spacial score (nSPS) is 10.3. The Bertz CT molecular complexity index is 948. The molecule has 0 unspecified atom stereocenters. The number of benzene rings is 1. The van der Waals surface area contributed by atoms with E-state index in [2.05, 4.69) is 32.8 Å². The first-order chi connectivity index (χ1) is 10.7. The lowest BCUT2D eigenvalue weighted by molar-refractivity contribution is 0.362. The monoisotopic (exact) mass is 293 g/mol. The molecule has 0 spiro atoms. The largest absolute Gasteiger partial charge is 0.488 e. The van der Waals surface area contributed by atoms with E-state index in [0.717, 1.165) is 0 Å². The van der Waals surface area contributed by atoms with Crippen molar-refractivity contribution in [3.63, 3.8) is 0 Å². The zero-order valence-corrected chi connectivity index (χ0v) is 11.5. The highest BCUT2D eigenvalue weighted by Gasteiger charge is 2.10. The van der Waals surface area contributed by atoms with Crippen LogP contribution in [0.4, 0.5) is 0 Å². The highest BCUT2D eigenvalue weighted by Crippen LogP contribution is 2.24. The molecule has 1 aromatic carbocycles. The third-order valence-corrected chi connectivity index (χ3v) is 3.04. The van der Waals surface area contributed by atoms with Gasteiger partial charge in [-0.05, 0) is 18.2 Å². The molecule has 2 heterocycles. The quantitative estimate of drug-likeness (QED) is 0.712. The van der Waals surface area contributed by atoms with Crippen molar-refractivity contribution < 1.29 is 4.74 Å². The van der Waals surface area contributed by atoms with Gasteiger partial charge < -0.3 is 4.74 Å². The van der Waals surface area contributed by atoms with Crippen LogP contribution in [0, 0.1) is 11.3 Å². The molecule has 22 heavy (non-hydrogen) atoms. The van der Waals surface area contributed by atoms with Gasteiger partial charge in [0.15, 0.2) is 11.5 Å². The van der Waals surface area contributed by atoms with Crippen LogP contribution in [0.3, 0.4) is 0 Å². The Hall–Kier alpha value is -3.40. The van der Waals surface area contributed by atoms with E-state index in [-0.39, 0.29) is 5.56 Å². The Morgan fingerprint density at radius 2 is 2.27 bits per heavy atom. The molecule has 3 aromatic rings. The molecule has 0 aliphatic heterocycles. The van der Waals surface area contributed by atoms with E-state index in [1.54, 1.807) is 24.3 Å². The van der Waals surface area contributed by atoms with Crippen LogP contribution in [-0.2, 0) is 0 Å². The van der Waals surface area contributed by atoms with Gasteiger partial charge >= 0.3 is 0 Å². The summed E-state index contributed by atoms with van der Waals surface area (Å²) in [5.41, 5.74) is 1.19. The minimum Gasteiger partial charge on any atom is -0.488 e. The first kappa shape index (κ1) is 13.6. The Morgan fingerprint density at radius 3 is 3.05 bits per heavy atom. The fraction of sp³-hybridized carbons (Fsp3) is 0.0667. The fourth-order valence-electron chi connectivity index (χ4n) is 2.00. The molecule has 7 nitrogen and oxygen atoms in total. The molecule has 2 aromatic heterocycles. The van der Waals surface area contributed by atoms with E-state index in [0.29, 0.717) is 40.3 Å². The number of nitrogens with zero attached hydrogens (tertiary/aromatic N) is 3. The molecule has 3 rings (SSSR count). The second-order valence-electron chi connectivity index (χ2n) is 4.46. The van der Waals surface area contributed by atoms with Crippen LogP contribution in [-0.4, -0.2) is 26.8 Å². The van der Waals surface area contributed by atoms with E-state index in [9.17, 15) is 10.1 Å². The van der Waals surface area contributed by atoms with Gasteiger partial charge in [0.25, 0.3) is 5.56 Å². The Kier molecular flexibility index (Phi) is 3.42.